The van der Waals surface area contributed by atoms with Crippen molar-refractivity contribution in [2.24, 2.45) is 5.92 Å². The fourth-order valence-electron chi connectivity index (χ4n) is 8.50. The van der Waals surface area contributed by atoms with Gasteiger partial charge in [-0.05, 0) is 78.1 Å². The number of rotatable bonds is 9. The quantitative estimate of drug-likeness (QED) is 0.0389. The van der Waals surface area contributed by atoms with Crippen LogP contribution in [-0.4, -0.2) is 85.3 Å². The third-order valence-electron chi connectivity index (χ3n) is 11.8. The summed E-state index contributed by atoms with van der Waals surface area (Å²) in [6.07, 6.45) is 8.73. The molecule has 4 aromatic carbocycles. The number of aromatic nitrogens is 4. The van der Waals surface area contributed by atoms with Gasteiger partial charge in [0.1, 0.15) is 12.7 Å². The van der Waals surface area contributed by atoms with Gasteiger partial charge in [-0.2, -0.15) is 5.26 Å². The number of H-pyrrole nitrogens is 4. The van der Waals surface area contributed by atoms with Gasteiger partial charge in [-0.25, -0.2) is 0 Å². The van der Waals surface area contributed by atoms with E-state index in [4.69, 9.17) is 29.4 Å². The number of aldehydes is 1. The van der Waals surface area contributed by atoms with Gasteiger partial charge in [0.25, 0.3) is 11.6 Å². The molecule has 3 unspecified atom stereocenters. The monoisotopic (exact) mass is 1070 g/mol. The molecule has 4 aromatic heterocycles. The van der Waals surface area contributed by atoms with Crippen LogP contribution < -0.4 is 0 Å². The van der Waals surface area contributed by atoms with Crippen LogP contribution in [0.2, 0.25) is 0 Å². The molecular formula is C60H69N5O13. The minimum Gasteiger partial charge on any atom is -0.481 e. The minimum absolute atomic E-state index is 0.0404. The number of cyclic esters (lactones) is 4. The molecule has 10 rings (SSSR count). The van der Waals surface area contributed by atoms with Gasteiger partial charge in [0.15, 0.2) is 5.92 Å². The summed E-state index contributed by atoms with van der Waals surface area (Å²) in [5, 5.41) is 20.6. The predicted molar refractivity (Wildman–Crippen MR) is 296 cm³/mol. The van der Waals surface area contributed by atoms with Crippen LogP contribution in [0.5, 0.6) is 0 Å². The summed E-state index contributed by atoms with van der Waals surface area (Å²) in [6.45, 7) is 17.1. The van der Waals surface area contributed by atoms with Crippen LogP contribution in [0.3, 0.4) is 0 Å². The predicted octanol–water partition coefficient (Wildman–Crippen LogP) is 11.8. The summed E-state index contributed by atoms with van der Waals surface area (Å²) in [5.41, 5.74) is 7.50. The van der Waals surface area contributed by atoms with Crippen molar-refractivity contribution >= 4 is 85.7 Å². The Bertz CT molecular complexity index is 3250. The Morgan fingerprint density at radius 3 is 1.46 bits per heavy atom. The highest BCUT2D eigenvalue weighted by Gasteiger charge is 2.46. The van der Waals surface area contributed by atoms with E-state index in [0.717, 1.165) is 44.7 Å². The molecule has 0 radical (unpaired) electrons. The lowest BCUT2D eigenvalue weighted by Crippen LogP contribution is -2.47. The van der Waals surface area contributed by atoms with Crippen molar-refractivity contribution in [2.45, 2.75) is 118 Å². The molecule has 2 saturated heterocycles. The van der Waals surface area contributed by atoms with Crippen molar-refractivity contribution in [3.05, 3.63) is 145 Å². The van der Waals surface area contributed by atoms with Crippen molar-refractivity contribution in [1.29, 1.82) is 5.26 Å². The van der Waals surface area contributed by atoms with E-state index in [1.807, 2.05) is 131 Å². The zero-order valence-electron chi connectivity index (χ0n) is 45.6. The number of fused-ring (bicyclic) bond motifs is 4. The second-order valence-electron chi connectivity index (χ2n) is 18.8. The molecule has 18 nitrogen and oxygen atoms in total. The molecule has 0 aliphatic carbocycles. The van der Waals surface area contributed by atoms with Crippen LogP contribution in [0.15, 0.2) is 128 Å². The maximum Gasteiger partial charge on any atom is 0.324 e. The summed E-state index contributed by atoms with van der Waals surface area (Å²) < 4.78 is 24.7. The Morgan fingerprint density at radius 1 is 0.654 bits per heavy atom. The first-order chi connectivity index (χ1) is 37.1. The molecule has 8 aromatic rings. The third-order valence-corrected chi connectivity index (χ3v) is 11.8. The Labute approximate surface area is 452 Å². The number of esters is 5. The molecule has 0 saturated carbocycles. The number of carboxylic acids is 1. The minimum atomic E-state index is -1.19. The highest BCUT2D eigenvalue weighted by atomic mass is 16.7. The van der Waals surface area contributed by atoms with Gasteiger partial charge in [-0.15, -0.1) is 0 Å². The van der Waals surface area contributed by atoms with Gasteiger partial charge in [0.2, 0.25) is 0 Å². The number of carboxylic acid groups (broad SMARTS) is 1. The standard InChI is InChI=1S/C16H17NO4.C14H17NO2.C12H13NO2.C8H7N.C6H8O4.C2H3N.C2H4O/c1-9(11-8-17-12-7-5-4-6-10(11)12)13-14(18)20-16(2,3)21-15(13)19;1-3-17-14(16)8-10(2)12-9-15-13-7-5-4-6-11(12)13;1-8(6-12(14)15)10-7-13-11-5-3-2-4-9(10)11;1-2-4-8-7(3-1)5-6-9-8;1-6(2)9-4(7)3-5(8)10-6;2*1-2-3/h4-9,13,17H,1-3H3;4-7,9-10,15H,3,8H2,1-2H3;2-5,7-8,13H,6H2,1H3,(H,14,15);1-6,9H;3H2,1-2H3;1H3;2H,1H3. The van der Waals surface area contributed by atoms with Gasteiger partial charge >= 0.3 is 35.8 Å². The van der Waals surface area contributed by atoms with Crippen molar-refractivity contribution < 1.29 is 62.4 Å². The molecule has 2 aliphatic heterocycles. The zero-order chi connectivity index (χ0) is 57.6. The van der Waals surface area contributed by atoms with Gasteiger partial charge in [-0.3, -0.25) is 28.8 Å². The first kappa shape index (κ1) is 61.6. The number of carbonyl (C=O) groups is 7. The van der Waals surface area contributed by atoms with Crippen LogP contribution >= 0.6 is 0 Å². The number of nitriles is 1. The SMILES string of the molecule is CC#N.CC(CC(=O)O)c1c[nH]c2ccccc12.CC(c1c[nH]c2ccccc12)C1C(=O)OC(C)(C)OC1=O.CC1(C)OC(=O)CC(=O)O1.CC=O.CCOC(=O)CC(C)c1c[nH]c2ccccc12.c1ccc2[nH]ccc2c1. The number of hydrogen-bond acceptors (Lipinski definition) is 13. The van der Waals surface area contributed by atoms with Crippen molar-refractivity contribution in [1.82, 2.24) is 19.9 Å². The topological polar surface area (TPSA) is 273 Å². The fourth-order valence-corrected chi connectivity index (χ4v) is 8.50. The Balaban J connectivity index is 0.000000210. The molecule has 412 valence electrons. The number of benzene rings is 4. The molecule has 0 amide bonds. The molecular weight excluding hydrogens is 999 g/mol. The van der Waals surface area contributed by atoms with E-state index < -0.39 is 47.3 Å². The maximum absolute atomic E-state index is 12.2. The average molecular weight is 1070 g/mol. The molecule has 0 spiro atoms. The van der Waals surface area contributed by atoms with Crippen LogP contribution in [0, 0.1) is 17.2 Å². The molecule has 0 bridgehead atoms. The van der Waals surface area contributed by atoms with Crippen LogP contribution in [0.25, 0.3) is 43.6 Å². The van der Waals surface area contributed by atoms with Crippen LogP contribution in [0.4, 0.5) is 0 Å². The van der Waals surface area contributed by atoms with Gasteiger partial charge in [-0.1, -0.05) is 93.6 Å². The van der Waals surface area contributed by atoms with Crippen LogP contribution in [0.1, 0.15) is 123 Å². The van der Waals surface area contributed by atoms with E-state index >= 15 is 0 Å². The van der Waals surface area contributed by atoms with Crippen molar-refractivity contribution in [3.63, 3.8) is 0 Å². The zero-order valence-corrected chi connectivity index (χ0v) is 45.6. The number of aromatic amines is 4. The van der Waals surface area contributed by atoms with Crippen molar-refractivity contribution in [3.8, 4) is 6.07 Å². The molecule has 78 heavy (non-hydrogen) atoms. The summed E-state index contributed by atoms with van der Waals surface area (Å²) in [4.78, 5) is 89.0. The molecule has 2 fully saturated rings. The first-order valence-corrected chi connectivity index (χ1v) is 25.3. The molecule has 3 atom stereocenters. The smallest absolute Gasteiger partial charge is 0.324 e. The van der Waals surface area contributed by atoms with Gasteiger partial charge < -0.3 is 53.5 Å². The maximum atomic E-state index is 12.2. The molecule has 6 heterocycles. The Hall–Kier alpha value is -8.98. The number of carbonyl (C=O) groups excluding carboxylic acids is 6. The average Bonchev–Trinajstić information content (AvgIpc) is 4.24. The lowest BCUT2D eigenvalue weighted by molar-refractivity contribution is -0.241. The largest absolute Gasteiger partial charge is 0.481 e. The number of para-hydroxylation sites is 4. The summed E-state index contributed by atoms with van der Waals surface area (Å²) >= 11 is 0. The fraction of sp³-hybridized carbons (Fsp3) is 0.333. The molecule has 5 N–H and O–H groups in total. The normalized spacial score (nSPS) is 15.1. The van der Waals surface area contributed by atoms with E-state index in [1.54, 1.807) is 19.9 Å². The summed E-state index contributed by atoms with van der Waals surface area (Å²) in [6, 6.07) is 35.8. The third kappa shape index (κ3) is 18.1. The van der Waals surface area contributed by atoms with Gasteiger partial charge in [0.05, 0.1) is 25.5 Å². The van der Waals surface area contributed by atoms with Crippen LogP contribution in [-0.2, 0) is 57.2 Å². The molecule has 2 aliphatic rings. The lowest BCUT2D eigenvalue weighted by atomic mass is 9.86. The number of nitrogens with zero attached hydrogens (tertiary/aromatic N) is 1. The second-order valence-corrected chi connectivity index (χ2v) is 18.8. The first-order valence-electron chi connectivity index (χ1n) is 25.3. The Kier molecular flexibility index (Phi) is 23.2. The van der Waals surface area contributed by atoms with E-state index in [1.165, 1.54) is 49.5 Å². The number of aliphatic carboxylic acids is 1. The van der Waals surface area contributed by atoms with E-state index in [2.05, 4.69) is 53.7 Å². The summed E-state index contributed by atoms with van der Waals surface area (Å²) in [5.74, 6) is -6.32. The van der Waals surface area contributed by atoms with E-state index in [-0.39, 0.29) is 36.6 Å². The Morgan fingerprint density at radius 2 is 1.04 bits per heavy atom. The number of nitrogens with one attached hydrogen (secondary N) is 4. The molecule has 18 heteroatoms. The number of ether oxygens (including phenoxy) is 5. The summed E-state index contributed by atoms with van der Waals surface area (Å²) in [7, 11) is 0. The lowest BCUT2D eigenvalue weighted by Gasteiger charge is -2.34. The number of hydrogen-bond donors (Lipinski definition) is 5. The highest BCUT2D eigenvalue weighted by Crippen LogP contribution is 2.36. The van der Waals surface area contributed by atoms with Crippen molar-refractivity contribution in [2.75, 3.05) is 6.61 Å². The highest BCUT2D eigenvalue weighted by molar-refractivity contribution is 5.99. The van der Waals surface area contributed by atoms with E-state index in [0.29, 0.717) is 13.0 Å². The van der Waals surface area contributed by atoms with E-state index in [9.17, 15) is 28.8 Å². The second kappa shape index (κ2) is 29.4. The van der Waals surface area contributed by atoms with Gasteiger partial charge in [0, 0.05) is 104 Å².